The maximum atomic E-state index is 12.9. The van der Waals surface area contributed by atoms with Gasteiger partial charge in [-0.1, -0.05) is 36.4 Å². The highest BCUT2D eigenvalue weighted by Gasteiger charge is 2.49. The number of ether oxygens (including phenoxy) is 1. The van der Waals surface area contributed by atoms with Gasteiger partial charge in [-0.15, -0.1) is 0 Å². The lowest BCUT2D eigenvalue weighted by Crippen LogP contribution is -2.38. The molecule has 7 heteroatoms. The van der Waals surface area contributed by atoms with Gasteiger partial charge < -0.3 is 19.5 Å². The van der Waals surface area contributed by atoms with Crippen molar-refractivity contribution < 1.29 is 14.3 Å². The lowest BCUT2D eigenvalue weighted by atomic mass is 9.89. The van der Waals surface area contributed by atoms with Crippen LogP contribution in [0.4, 0.5) is 0 Å². The molecule has 3 atom stereocenters. The van der Waals surface area contributed by atoms with Crippen LogP contribution in [0.25, 0.3) is 0 Å². The van der Waals surface area contributed by atoms with E-state index >= 15 is 0 Å². The molecule has 0 bridgehead atoms. The number of fused-ring (bicyclic) bond motifs is 1. The quantitative estimate of drug-likeness (QED) is 0.835. The largest absolute Gasteiger partial charge is 0.384 e. The first kappa shape index (κ1) is 19.4. The second kappa shape index (κ2) is 8.21. The molecule has 4 rings (SSSR count). The number of rotatable bonds is 5. The average molecular weight is 395 g/mol. The number of amides is 2. The van der Waals surface area contributed by atoms with Crippen molar-refractivity contribution in [2.24, 2.45) is 11.8 Å². The van der Waals surface area contributed by atoms with Gasteiger partial charge in [-0.3, -0.25) is 14.4 Å². The van der Waals surface area contributed by atoms with Gasteiger partial charge in [0.15, 0.2) is 0 Å². The summed E-state index contributed by atoms with van der Waals surface area (Å²) in [6, 6.07) is 14.6. The molecule has 0 aliphatic carbocycles. The summed E-state index contributed by atoms with van der Waals surface area (Å²) in [7, 11) is 1.60. The zero-order chi connectivity index (χ0) is 20.4. The van der Waals surface area contributed by atoms with Crippen LogP contribution >= 0.6 is 0 Å². The van der Waals surface area contributed by atoms with Gasteiger partial charge >= 0.3 is 0 Å². The highest BCUT2D eigenvalue weighted by molar-refractivity contribution is 5.92. The molecule has 2 aliphatic rings. The minimum Gasteiger partial charge on any atom is -0.384 e. The molecule has 1 aromatic heterocycles. The predicted octanol–water partition coefficient (Wildman–Crippen LogP) is 1.68. The van der Waals surface area contributed by atoms with Crippen LogP contribution in [0.1, 0.15) is 28.5 Å². The van der Waals surface area contributed by atoms with Crippen LogP contribution in [0.15, 0.2) is 53.3 Å². The van der Waals surface area contributed by atoms with Crippen LogP contribution in [0.2, 0.25) is 0 Å². The molecule has 0 radical (unpaired) electrons. The number of hydrogen-bond donors (Lipinski definition) is 1. The van der Waals surface area contributed by atoms with Crippen molar-refractivity contribution >= 4 is 11.8 Å². The molecule has 0 saturated carbocycles. The summed E-state index contributed by atoms with van der Waals surface area (Å²) in [5.74, 6) is 0.302. The van der Waals surface area contributed by atoms with Gasteiger partial charge in [0.2, 0.25) is 11.5 Å². The summed E-state index contributed by atoms with van der Waals surface area (Å²) < 4.78 is 5.08. The molecule has 1 N–H and O–H groups in total. The highest BCUT2D eigenvalue weighted by atomic mass is 16.5. The molecular weight excluding hydrogens is 370 g/mol. The maximum absolute atomic E-state index is 12.9. The third-order valence-corrected chi connectivity index (χ3v) is 5.93. The molecule has 2 fully saturated rings. The summed E-state index contributed by atoms with van der Waals surface area (Å²) >= 11 is 0. The van der Waals surface area contributed by atoms with Crippen molar-refractivity contribution in [3.8, 4) is 0 Å². The van der Waals surface area contributed by atoms with E-state index in [1.54, 1.807) is 24.1 Å². The van der Waals surface area contributed by atoms with Gasteiger partial charge in [0.25, 0.3) is 5.91 Å². The monoisotopic (exact) mass is 395 g/mol. The van der Waals surface area contributed by atoms with E-state index in [1.807, 2.05) is 35.2 Å². The van der Waals surface area contributed by atoms with Crippen molar-refractivity contribution in [3.63, 3.8) is 0 Å². The van der Waals surface area contributed by atoms with Gasteiger partial charge in [0, 0.05) is 44.6 Å². The van der Waals surface area contributed by atoms with E-state index in [0.29, 0.717) is 38.4 Å². The second-order valence-corrected chi connectivity index (χ2v) is 7.71. The standard InChI is InChI=1S/C22H25N3O4/c1-29-11-10-20(27)25-13-16-12-24(22(28)18-8-5-9-19(26)23-18)14-17(16)21(25)15-6-3-2-4-7-15/h2-9,16-17,21H,10-14H2,1H3,(H,23,26)/t16-,17-,21+/m0/s1. The molecule has 2 saturated heterocycles. The minimum absolute atomic E-state index is 0.0572. The number of carbonyl (C=O) groups is 2. The maximum Gasteiger partial charge on any atom is 0.270 e. The number of likely N-dealkylation sites (tertiary alicyclic amines) is 2. The van der Waals surface area contributed by atoms with Crippen molar-refractivity contribution in [2.75, 3.05) is 33.4 Å². The van der Waals surface area contributed by atoms with Crippen LogP contribution in [-0.4, -0.2) is 59.9 Å². The molecule has 2 aromatic rings. The predicted molar refractivity (Wildman–Crippen MR) is 107 cm³/mol. The fraction of sp³-hybridized carbons (Fsp3) is 0.409. The van der Waals surface area contributed by atoms with Crippen molar-refractivity contribution in [1.82, 2.24) is 14.8 Å². The Morgan fingerprint density at radius 3 is 2.59 bits per heavy atom. The SMILES string of the molecule is COCCC(=O)N1C[C@@H]2CN(C(=O)c3cccc(=O)[nH]3)C[C@@H]2[C@H]1c1ccccc1. The number of H-pyrrole nitrogens is 1. The summed E-state index contributed by atoms with van der Waals surface area (Å²) in [5, 5.41) is 0. The second-order valence-electron chi connectivity index (χ2n) is 7.71. The van der Waals surface area contributed by atoms with Crippen LogP contribution in [0.3, 0.4) is 0 Å². The third-order valence-electron chi connectivity index (χ3n) is 5.93. The van der Waals surface area contributed by atoms with Gasteiger partial charge in [-0.05, 0) is 11.6 Å². The normalized spacial score (nSPS) is 23.3. The van der Waals surface area contributed by atoms with Crippen LogP contribution in [0, 0.1) is 11.8 Å². The fourth-order valence-electron chi connectivity index (χ4n) is 4.62. The first-order chi connectivity index (χ1) is 14.1. The number of pyridine rings is 1. The van der Waals surface area contributed by atoms with E-state index in [0.717, 1.165) is 5.56 Å². The number of benzene rings is 1. The molecule has 2 amide bonds. The van der Waals surface area contributed by atoms with E-state index in [9.17, 15) is 14.4 Å². The Morgan fingerprint density at radius 2 is 1.86 bits per heavy atom. The van der Waals surface area contributed by atoms with Gasteiger partial charge in [0.1, 0.15) is 5.69 Å². The van der Waals surface area contributed by atoms with Crippen LogP contribution in [-0.2, 0) is 9.53 Å². The third kappa shape index (κ3) is 3.82. The van der Waals surface area contributed by atoms with Gasteiger partial charge in [0.05, 0.1) is 19.1 Å². The number of carbonyl (C=O) groups excluding carboxylic acids is 2. The van der Waals surface area contributed by atoms with E-state index in [2.05, 4.69) is 4.98 Å². The molecular formula is C22H25N3O4. The Labute approximate surface area is 169 Å². The van der Waals surface area contributed by atoms with Gasteiger partial charge in [-0.25, -0.2) is 0 Å². The van der Waals surface area contributed by atoms with Crippen LogP contribution in [0.5, 0.6) is 0 Å². The molecule has 7 nitrogen and oxygen atoms in total. The molecule has 0 spiro atoms. The number of nitrogens with zero attached hydrogens (tertiary/aromatic N) is 2. The zero-order valence-electron chi connectivity index (χ0n) is 16.4. The number of hydrogen-bond acceptors (Lipinski definition) is 4. The number of aromatic amines is 1. The Kier molecular flexibility index (Phi) is 5.49. The van der Waals surface area contributed by atoms with E-state index in [1.165, 1.54) is 6.07 Å². The average Bonchev–Trinajstić information content (AvgIpc) is 3.30. The number of aromatic nitrogens is 1. The van der Waals surface area contributed by atoms with Crippen molar-refractivity contribution in [3.05, 3.63) is 70.1 Å². The Morgan fingerprint density at radius 1 is 1.07 bits per heavy atom. The topological polar surface area (TPSA) is 82.7 Å². The molecule has 152 valence electrons. The molecule has 3 heterocycles. The molecule has 2 aliphatic heterocycles. The van der Waals surface area contributed by atoms with Crippen molar-refractivity contribution in [2.45, 2.75) is 12.5 Å². The minimum atomic E-state index is -0.285. The lowest BCUT2D eigenvalue weighted by Gasteiger charge is -2.30. The van der Waals surface area contributed by atoms with E-state index < -0.39 is 0 Å². The summed E-state index contributed by atoms with van der Waals surface area (Å²) in [4.78, 5) is 43.6. The fourth-order valence-corrected chi connectivity index (χ4v) is 4.62. The smallest absolute Gasteiger partial charge is 0.270 e. The van der Waals surface area contributed by atoms with Crippen LogP contribution < -0.4 is 5.56 Å². The first-order valence-corrected chi connectivity index (χ1v) is 9.90. The zero-order valence-corrected chi connectivity index (χ0v) is 16.4. The molecule has 0 unspecified atom stereocenters. The summed E-state index contributed by atoms with van der Waals surface area (Å²) in [6.07, 6.45) is 0.354. The van der Waals surface area contributed by atoms with E-state index in [-0.39, 0.29) is 35.3 Å². The summed E-state index contributed by atoms with van der Waals surface area (Å²) in [6.45, 7) is 2.17. The van der Waals surface area contributed by atoms with Gasteiger partial charge in [-0.2, -0.15) is 0 Å². The lowest BCUT2D eigenvalue weighted by molar-refractivity contribution is -0.133. The highest BCUT2D eigenvalue weighted by Crippen LogP contribution is 2.45. The van der Waals surface area contributed by atoms with Crippen molar-refractivity contribution in [1.29, 1.82) is 0 Å². The Hall–Kier alpha value is -2.93. The number of nitrogens with one attached hydrogen (secondary N) is 1. The Bertz CT molecular complexity index is 942. The molecule has 1 aromatic carbocycles. The molecule has 29 heavy (non-hydrogen) atoms. The Balaban J connectivity index is 1.57. The van der Waals surface area contributed by atoms with E-state index in [4.69, 9.17) is 4.74 Å². The summed E-state index contributed by atoms with van der Waals surface area (Å²) in [5.41, 5.74) is 1.11. The number of methoxy groups -OCH3 is 1. The first-order valence-electron chi connectivity index (χ1n) is 9.90.